The Balaban J connectivity index is 1.76. The maximum atomic E-state index is 3.67. The molecule has 1 aliphatic rings. The van der Waals surface area contributed by atoms with E-state index < -0.39 is 0 Å². The van der Waals surface area contributed by atoms with Crippen molar-refractivity contribution in [2.45, 2.75) is 51.6 Å². The molecule has 2 nitrogen and oxygen atoms in total. The molecule has 0 aromatic carbocycles. The van der Waals surface area contributed by atoms with Gasteiger partial charge in [-0.3, -0.25) is 0 Å². The Bertz CT molecular complexity index is 310. The summed E-state index contributed by atoms with van der Waals surface area (Å²) in [5, 5.41) is 3.67. The molecule has 0 saturated heterocycles. The fourth-order valence-electron chi connectivity index (χ4n) is 2.75. The van der Waals surface area contributed by atoms with E-state index in [1.165, 1.54) is 37.7 Å². The summed E-state index contributed by atoms with van der Waals surface area (Å²) in [4.78, 5) is 0. The van der Waals surface area contributed by atoms with Gasteiger partial charge in [0, 0.05) is 32.0 Å². The normalized spacial score (nSPS) is 19.9. The van der Waals surface area contributed by atoms with E-state index in [1.54, 1.807) is 0 Å². The molecule has 2 heteroatoms. The molecular formula is C14H24N2. The molecule has 1 fully saturated rings. The first-order valence-corrected chi connectivity index (χ1v) is 6.60. The molecule has 16 heavy (non-hydrogen) atoms. The number of hydrogen-bond donors (Lipinski definition) is 1. The molecule has 1 N–H and O–H groups in total. The lowest BCUT2D eigenvalue weighted by Crippen LogP contribution is -2.34. The predicted molar refractivity (Wildman–Crippen MR) is 68.3 cm³/mol. The molecule has 1 saturated carbocycles. The van der Waals surface area contributed by atoms with Crippen LogP contribution < -0.4 is 5.32 Å². The second kappa shape index (κ2) is 5.53. The van der Waals surface area contributed by atoms with Crippen molar-refractivity contribution in [2.24, 2.45) is 13.0 Å². The van der Waals surface area contributed by atoms with Gasteiger partial charge in [-0.25, -0.2) is 0 Å². The molecule has 0 bridgehead atoms. The summed E-state index contributed by atoms with van der Waals surface area (Å²) in [6.07, 6.45) is 11.5. The van der Waals surface area contributed by atoms with Gasteiger partial charge in [-0.1, -0.05) is 19.3 Å². The van der Waals surface area contributed by atoms with Gasteiger partial charge in [0.25, 0.3) is 0 Å². The Kier molecular flexibility index (Phi) is 4.05. The summed E-state index contributed by atoms with van der Waals surface area (Å²) >= 11 is 0. The molecule has 0 radical (unpaired) electrons. The highest BCUT2D eigenvalue weighted by atomic mass is 14.9. The average Bonchev–Trinajstić information content (AvgIpc) is 2.73. The highest BCUT2D eigenvalue weighted by Crippen LogP contribution is 2.26. The Morgan fingerprint density at radius 2 is 2.12 bits per heavy atom. The Morgan fingerprint density at radius 1 is 1.38 bits per heavy atom. The summed E-state index contributed by atoms with van der Waals surface area (Å²) in [5.74, 6) is 0.900. The van der Waals surface area contributed by atoms with Crippen LogP contribution in [-0.4, -0.2) is 10.6 Å². The Morgan fingerprint density at radius 3 is 2.75 bits per heavy atom. The monoisotopic (exact) mass is 220 g/mol. The van der Waals surface area contributed by atoms with Crippen LogP contribution in [0, 0.1) is 5.92 Å². The van der Waals surface area contributed by atoms with Gasteiger partial charge in [0.2, 0.25) is 0 Å². The molecule has 1 aromatic heterocycles. The summed E-state index contributed by atoms with van der Waals surface area (Å²) < 4.78 is 2.11. The predicted octanol–water partition coefficient (Wildman–Crippen LogP) is 3.08. The highest BCUT2D eigenvalue weighted by molar-refractivity contribution is 5.09. The number of aryl methyl sites for hydroxylation is 1. The average molecular weight is 220 g/mol. The standard InChI is InChI=1S/C14H24N2/c1-12(14-6-4-3-5-7-14)15-10-13-8-9-16(2)11-13/h8-9,11-12,14-15H,3-7,10H2,1-2H3. The van der Waals surface area contributed by atoms with E-state index in [1.807, 2.05) is 0 Å². The first-order chi connectivity index (χ1) is 7.75. The zero-order valence-electron chi connectivity index (χ0n) is 10.6. The van der Waals surface area contributed by atoms with Gasteiger partial charge in [0.05, 0.1) is 0 Å². The highest BCUT2D eigenvalue weighted by Gasteiger charge is 2.19. The molecule has 0 aliphatic heterocycles. The summed E-state index contributed by atoms with van der Waals surface area (Å²) in [5.41, 5.74) is 1.39. The van der Waals surface area contributed by atoms with Crippen molar-refractivity contribution in [3.8, 4) is 0 Å². The van der Waals surface area contributed by atoms with Gasteiger partial charge < -0.3 is 9.88 Å². The fraction of sp³-hybridized carbons (Fsp3) is 0.714. The minimum Gasteiger partial charge on any atom is -0.357 e. The number of nitrogens with zero attached hydrogens (tertiary/aromatic N) is 1. The van der Waals surface area contributed by atoms with E-state index in [4.69, 9.17) is 0 Å². The van der Waals surface area contributed by atoms with Crippen molar-refractivity contribution in [3.05, 3.63) is 24.0 Å². The third kappa shape index (κ3) is 3.11. The number of hydrogen-bond acceptors (Lipinski definition) is 1. The van der Waals surface area contributed by atoms with Crippen LogP contribution >= 0.6 is 0 Å². The van der Waals surface area contributed by atoms with Gasteiger partial charge in [0.15, 0.2) is 0 Å². The quantitative estimate of drug-likeness (QED) is 0.825. The van der Waals surface area contributed by atoms with E-state index in [0.29, 0.717) is 6.04 Å². The second-order valence-electron chi connectivity index (χ2n) is 5.25. The molecular weight excluding hydrogens is 196 g/mol. The Hall–Kier alpha value is -0.760. The van der Waals surface area contributed by atoms with Gasteiger partial charge >= 0.3 is 0 Å². The van der Waals surface area contributed by atoms with Crippen molar-refractivity contribution in [3.63, 3.8) is 0 Å². The van der Waals surface area contributed by atoms with E-state index in [0.717, 1.165) is 12.5 Å². The van der Waals surface area contributed by atoms with Gasteiger partial charge in [-0.05, 0) is 37.3 Å². The fourth-order valence-corrected chi connectivity index (χ4v) is 2.75. The maximum Gasteiger partial charge on any atom is 0.0223 e. The lowest BCUT2D eigenvalue weighted by molar-refractivity contribution is 0.280. The van der Waals surface area contributed by atoms with Gasteiger partial charge in [0.1, 0.15) is 0 Å². The van der Waals surface area contributed by atoms with Crippen molar-refractivity contribution >= 4 is 0 Å². The molecule has 1 unspecified atom stereocenters. The minimum atomic E-state index is 0.667. The third-order valence-electron chi connectivity index (χ3n) is 3.88. The topological polar surface area (TPSA) is 17.0 Å². The van der Waals surface area contributed by atoms with Crippen LogP contribution in [0.5, 0.6) is 0 Å². The number of aromatic nitrogens is 1. The van der Waals surface area contributed by atoms with Gasteiger partial charge in [-0.2, -0.15) is 0 Å². The molecule has 0 amide bonds. The van der Waals surface area contributed by atoms with Crippen molar-refractivity contribution in [1.29, 1.82) is 0 Å². The first-order valence-electron chi connectivity index (χ1n) is 6.60. The molecule has 1 heterocycles. The maximum absolute atomic E-state index is 3.67. The van der Waals surface area contributed by atoms with Crippen LogP contribution in [-0.2, 0) is 13.6 Å². The third-order valence-corrected chi connectivity index (χ3v) is 3.88. The van der Waals surface area contributed by atoms with Crippen LogP contribution in [0.2, 0.25) is 0 Å². The zero-order valence-corrected chi connectivity index (χ0v) is 10.6. The van der Waals surface area contributed by atoms with Crippen molar-refractivity contribution in [2.75, 3.05) is 0 Å². The molecule has 2 rings (SSSR count). The van der Waals surface area contributed by atoms with Crippen molar-refractivity contribution in [1.82, 2.24) is 9.88 Å². The minimum absolute atomic E-state index is 0.667. The summed E-state index contributed by atoms with van der Waals surface area (Å²) in [6.45, 7) is 3.36. The Labute approximate surface area is 99.0 Å². The molecule has 0 spiro atoms. The van der Waals surface area contributed by atoms with E-state index >= 15 is 0 Å². The molecule has 1 aromatic rings. The SMILES string of the molecule is CC(NCc1ccn(C)c1)C1CCCCC1. The smallest absolute Gasteiger partial charge is 0.0223 e. The van der Waals surface area contributed by atoms with Gasteiger partial charge in [-0.15, -0.1) is 0 Å². The molecule has 1 aliphatic carbocycles. The van der Waals surface area contributed by atoms with E-state index in [9.17, 15) is 0 Å². The summed E-state index contributed by atoms with van der Waals surface area (Å²) in [7, 11) is 2.08. The zero-order chi connectivity index (χ0) is 11.4. The number of nitrogens with one attached hydrogen (secondary N) is 1. The second-order valence-corrected chi connectivity index (χ2v) is 5.25. The largest absolute Gasteiger partial charge is 0.357 e. The summed E-state index contributed by atoms with van der Waals surface area (Å²) in [6, 6.07) is 2.86. The van der Waals surface area contributed by atoms with Crippen LogP contribution in [0.4, 0.5) is 0 Å². The van der Waals surface area contributed by atoms with E-state index in [2.05, 4.69) is 42.3 Å². The lowest BCUT2D eigenvalue weighted by Gasteiger charge is -2.28. The van der Waals surface area contributed by atoms with Crippen molar-refractivity contribution < 1.29 is 0 Å². The first kappa shape index (κ1) is 11.7. The van der Waals surface area contributed by atoms with Crippen LogP contribution in [0.15, 0.2) is 18.5 Å². The molecule has 1 atom stereocenters. The van der Waals surface area contributed by atoms with E-state index in [-0.39, 0.29) is 0 Å². The lowest BCUT2D eigenvalue weighted by atomic mass is 9.84. The van der Waals surface area contributed by atoms with Crippen LogP contribution in [0.3, 0.4) is 0 Å². The van der Waals surface area contributed by atoms with Crippen LogP contribution in [0.1, 0.15) is 44.6 Å². The molecule has 90 valence electrons. The number of rotatable bonds is 4. The van der Waals surface area contributed by atoms with Crippen LogP contribution in [0.25, 0.3) is 0 Å².